The number of primary amides is 1. The summed E-state index contributed by atoms with van der Waals surface area (Å²) in [5, 5.41) is 3.05. The van der Waals surface area contributed by atoms with Crippen molar-refractivity contribution in [2.75, 3.05) is 17.8 Å². The van der Waals surface area contributed by atoms with Crippen molar-refractivity contribution in [2.24, 2.45) is 5.73 Å². The fourth-order valence-electron chi connectivity index (χ4n) is 1.88. The Balaban J connectivity index is 2.52. The number of thioether (sulfide) groups is 1. The molecule has 0 aliphatic carbocycles. The Kier molecular flexibility index (Phi) is 5.21. The number of aromatic nitrogens is 2. The molecule has 0 unspecified atom stereocenters. The number of halogens is 1. The lowest BCUT2D eigenvalue weighted by Gasteiger charge is -2.11. The first-order chi connectivity index (χ1) is 11.1. The number of carbonyl (C=O) groups excluding carboxylic acids is 1. The second-order valence-corrected chi connectivity index (χ2v) is 7.89. The Morgan fingerprint density at radius 2 is 2.08 bits per heavy atom. The van der Waals surface area contributed by atoms with E-state index in [2.05, 4.69) is 15.3 Å². The molecule has 2 rings (SSSR count). The van der Waals surface area contributed by atoms with Gasteiger partial charge in [-0.15, -0.1) is 0 Å². The van der Waals surface area contributed by atoms with E-state index in [4.69, 9.17) is 17.3 Å². The van der Waals surface area contributed by atoms with Crippen LogP contribution in [-0.2, 0) is 9.84 Å². The summed E-state index contributed by atoms with van der Waals surface area (Å²) < 4.78 is 23.1. The van der Waals surface area contributed by atoms with Crippen LogP contribution in [0.3, 0.4) is 0 Å². The van der Waals surface area contributed by atoms with E-state index in [0.29, 0.717) is 5.69 Å². The van der Waals surface area contributed by atoms with Gasteiger partial charge in [0.2, 0.25) is 0 Å². The van der Waals surface area contributed by atoms with Gasteiger partial charge in [0.1, 0.15) is 5.56 Å². The Hall–Kier alpha value is -2.04. The fourth-order valence-corrected chi connectivity index (χ4v) is 3.59. The van der Waals surface area contributed by atoms with Gasteiger partial charge in [-0.05, 0) is 24.5 Å². The maximum Gasteiger partial charge on any atom is 0.266 e. The molecule has 4 N–H and O–H groups in total. The van der Waals surface area contributed by atoms with Gasteiger partial charge in [0, 0.05) is 11.9 Å². The van der Waals surface area contributed by atoms with Crippen LogP contribution in [0, 0.1) is 0 Å². The van der Waals surface area contributed by atoms with Gasteiger partial charge in [0.15, 0.2) is 20.8 Å². The number of sulfone groups is 1. The van der Waals surface area contributed by atoms with Crippen LogP contribution in [0.2, 0.25) is 5.02 Å². The first kappa shape index (κ1) is 18.3. The van der Waals surface area contributed by atoms with Crippen molar-refractivity contribution in [3.63, 3.8) is 0 Å². The molecule has 2 aromatic rings. The Morgan fingerprint density at radius 1 is 1.42 bits per heavy atom. The van der Waals surface area contributed by atoms with Crippen LogP contribution in [0.4, 0.5) is 11.5 Å². The minimum absolute atomic E-state index is 0.00180. The van der Waals surface area contributed by atoms with Crippen molar-refractivity contribution in [3.8, 4) is 0 Å². The number of rotatable bonds is 5. The molecule has 0 bridgehead atoms. The van der Waals surface area contributed by atoms with Crippen LogP contribution in [0.25, 0.3) is 0 Å². The van der Waals surface area contributed by atoms with Crippen molar-refractivity contribution >= 4 is 50.6 Å². The topological polar surface area (TPSA) is 135 Å². The van der Waals surface area contributed by atoms with E-state index in [1.54, 1.807) is 6.26 Å². The van der Waals surface area contributed by atoms with Crippen molar-refractivity contribution in [1.29, 1.82) is 0 Å². The number of H-pyrrole nitrogens is 1. The number of nitrogens with one attached hydrogen (secondary N) is 2. The molecule has 1 amide bonds. The van der Waals surface area contributed by atoms with Gasteiger partial charge in [0.25, 0.3) is 11.5 Å². The van der Waals surface area contributed by atoms with Crippen LogP contribution in [0.1, 0.15) is 10.4 Å². The zero-order chi connectivity index (χ0) is 18.1. The zero-order valence-electron chi connectivity index (χ0n) is 12.6. The highest BCUT2D eigenvalue weighted by atomic mass is 35.5. The summed E-state index contributed by atoms with van der Waals surface area (Å²) in [7, 11) is -3.47. The largest absolute Gasteiger partial charge is 0.365 e. The van der Waals surface area contributed by atoms with Gasteiger partial charge in [0.05, 0.1) is 9.92 Å². The van der Waals surface area contributed by atoms with E-state index in [1.807, 2.05) is 0 Å². The highest BCUT2D eigenvalue weighted by Crippen LogP contribution is 2.27. The molecule has 0 atom stereocenters. The van der Waals surface area contributed by atoms with Crippen LogP contribution >= 0.6 is 23.4 Å². The van der Waals surface area contributed by atoms with Gasteiger partial charge < -0.3 is 16.0 Å². The quantitative estimate of drug-likeness (QED) is 0.520. The average molecular weight is 389 g/mol. The molecule has 0 radical (unpaired) electrons. The third kappa shape index (κ3) is 3.89. The van der Waals surface area contributed by atoms with Gasteiger partial charge in [-0.1, -0.05) is 23.4 Å². The number of nitrogens with zero attached hydrogens (tertiary/aromatic N) is 1. The molecule has 11 heteroatoms. The second kappa shape index (κ2) is 6.83. The molecule has 0 saturated heterocycles. The minimum atomic E-state index is -3.47. The average Bonchev–Trinajstić information content (AvgIpc) is 2.44. The van der Waals surface area contributed by atoms with Crippen LogP contribution < -0.4 is 16.6 Å². The first-order valence-electron chi connectivity index (χ1n) is 6.38. The monoisotopic (exact) mass is 388 g/mol. The van der Waals surface area contributed by atoms with Crippen molar-refractivity contribution in [3.05, 3.63) is 39.1 Å². The molecule has 128 valence electrons. The van der Waals surface area contributed by atoms with E-state index in [9.17, 15) is 18.0 Å². The first-order valence-corrected chi connectivity index (χ1v) is 9.87. The summed E-state index contributed by atoms with van der Waals surface area (Å²) in [5.41, 5.74) is 4.55. The zero-order valence-corrected chi connectivity index (χ0v) is 15.0. The van der Waals surface area contributed by atoms with Gasteiger partial charge in [-0.3, -0.25) is 9.59 Å². The van der Waals surface area contributed by atoms with Gasteiger partial charge in [-0.2, -0.15) is 0 Å². The van der Waals surface area contributed by atoms with Crippen LogP contribution in [0.15, 0.2) is 33.0 Å². The number of amides is 1. The highest BCUT2D eigenvalue weighted by molar-refractivity contribution is 7.98. The molecular weight excluding hydrogens is 376 g/mol. The van der Waals surface area contributed by atoms with E-state index >= 15 is 0 Å². The van der Waals surface area contributed by atoms with Gasteiger partial charge in [-0.25, -0.2) is 13.4 Å². The molecule has 0 fully saturated rings. The summed E-state index contributed by atoms with van der Waals surface area (Å²) in [6, 6.07) is 4.10. The number of aromatic amines is 1. The molecule has 8 nitrogen and oxygen atoms in total. The van der Waals surface area contributed by atoms with Crippen LogP contribution in [-0.4, -0.2) is 36.8 Å². The van der Waals surface area contributed by atoms with E-state index in [1.165, 1.54) is 30.0 Å². The lowest BCUT2D eigenvalue weighted by atomic mass is 10.2. The summed E-state index contributed by atoms with van der Waals surface area (Å²) in [5.74, 6) is -0.989. The molecule has 0 aliphatic heterocycles. The smallest absolute Gasteiger partial charge is 0.266 e. The number of nitrogens with two attached hydrogens (primary N) is 1. The molecule has 1 aromatic carbocycles. The molecule has 0 saturated carbocycles. The van der Waals surface area contributed by atoms with Gasteiger partial charge >= 0.3 is 0 Å². The third-order valence-electron chi connectivity index (χ3n) is 2.93. The lowest BCUT2D eigenvalue weighted by Crippen LogP contribution is -2.26. The predicted molar refractivity (Wildman–Crippen MR) is 93.0 cm³/mol. The van der Waals surface area contributed by atoms with E-state index < -0.39 is 21.3 Å². The second-order valence-electron chi connectivity index (χ2n) is 4.71. The predicted octanol–water partition coefficient (Wildman–Crippen LogP) is 1.39. The molecule has 24 heavy (non-hydrogen) atoms. The lowest BCUT2D eigenvalue weighted by molar-refractivity contribution is 0.0999. The third-order valence-corrected chi connectivity index (χ3v) is 5.09. The van der Waals surface area contributed by atoms with Crippen molar-refractivity contribution in [1.82, 2.24) is 9.97 Å². The highest BCUT2D eigenvalue weighted by Gasteiger charge is 2.18. The summed E-state index contributed by atoms with van der Waals surface area (Å²) >= 11 is 7.14. The standard InChI is InChI=1S/C13H13ClN4O4S2/c1-23-13-17-11(9(10(15)19)12(20)18-13)16-6-3-4-8(7(14)5-6)24(2,21)22/h3-5H,1-2H3,(H2,15,19)(H2,16,17,18,20). The normalized spacial score (nSPS) is 11.3. The SMILES string of the molecule is CSc1nc(Nc2ccc(S(C)(=O)=O)c(Cl)c2)c(C(N)=O)c(=O)[nH]1. The maximum atomic E-state index is 11.9. The van der Waals surface area contributed by atoms with E-state index in [0.717, 1.165) is 6.26 Å². The van der Waals surface area contributed by atoms with Crippen molar-refractivity contribution < 1.29 is 13.2 Å². The number of carbonyl (C=O) groups is 1. The molecule has 0 aliphatic rings. The fraction of sp³-hybridized carbons (Fsp3) is 0.154. The number of benzene rings is 1. The molecule has 1 heterocycles. The summed E-state index contributed by atoms with van der Waals surface area (Å²) in [6.45, 7) is 0. The molecular formula is C13H13ClN4O4S2. The van der Waals surface area contributed by atoms with Crippen molar-refractivity contribution in [2.45, 2.75) is 10.1 Å². The molecule has 0 spiro atoms. The summed E-state index contributed by atoms with van der Waals surface area (Å²) in [4.78, 5) is 29.9. The minimum Gasteiger partial charge on any atom is -0.365 e. The maximum absolute atomic E-state index is 11.9. The van der Waals surface area contributed by atoms with Crippen LogP contribution in [0.5, 0.6) is 0 Å². The Morgan fingerprint density at radius 3 is 2.58 bits per heavy atom. The van der Waals surface area contributed by atoms with E-state index in [-0.39, 0.29) is 26.5 Å². The summed E-state index contributed by atoms with van der Waals surface area (Å²) in [6.07, 6.45) is 2.74. The Labute approximate surface area is 146 Å². The number of anilines is 2. The molecule has 1 aromatic heterocycles. The Bertz CT molecular complexity index is 972. The number of hydrogen-bond acceptors (Lipinski definition) is 7. The number of hydrogen-bond donors (Lipinski definition) is 3.